The molecule has 6 nitrogen and oxygen atoms in total. The van der Waals surface area contributed by atoms with Gasteiger partial charge in [-0.2, -0.15) is 4.40 Å². The Morgan fingerprint density at radius 2 is 1.72 bits per heavy atom. The minimum atomic E-state index is -0.172. The second-order valence-electron chi connectivity index (χ2n) is 9.88. The highest BCUT2D eigenvalue weighted by atomic mass is 15.4. The van der Waals surface area contributed by atoms with Gasteiger partial charge >= 0.3 is 0 Å². The molecule has 182 valence electrons. The molecule has 0 amide bonds. The van der Waals surface area contributed by atoms with Crippen molar-refractivity contribution in [1.82, 2.24) is 19.7 Å². The average molecular weight is 478 g/mol. The Morgan fingerprint density at radius 3 is 2.39 bits per heavy atom. The predicted molar refractivity (Wildman–Crippen MR) is 144 cm³/mol. The normalized spacial score (nSPS) is 15.0. The van der Waals surface area contributed by atoms with E-state index in [9.17, 15) is 0 Å². The molecule has 1 aliphatic carbocycles. The topological polar surface area (TPSA) is 64.1 Å². The number of nitrogens with two attached hydrogens (primary N) is 1. The van der Waals surface area contributed by atoms with Gasteiger partial charge in [0.05, 0.1) is 23.6 Å². The van der Waals surface area contributed by atoms with E-state index in [1.807, 2.05) is 12.3 Å². The summed E-state index contributed by atoms with van der Waals surface area (Å²) in [6.45, 7) is 7.13. The highest BCUT2D eigenvalue weighted by Gasteiger charge is 2.34. The maximum Gasteiger partial charge on any atom is 0.297 e. The summed E-state index contributed by atoms with van der Waals surface area (Å²) in [5.74, 6) is 1.01. The summed E-state index contributed by atoms with van der Waals surface area (Å²) in [6.07, 6.45) is 7.38. The van der Waals surface area contributed by atoms with Crippen LogP contribution in [0.1, 0.15) is 44.5 Å². The first-order valence-corrected chi connectivity index (χ1v) is 13.0. The van der Waals surface area contributed by atoms with Crippen molar-refractivity contribution in [1.29, 1.82) is 0 Å². The number of rotatable bonds is 7. The van der Waals surface area contributed by atoms with E-state index in [1.165, 1.54) is 12.0 Å². The van der Waals surface area contributed by atoms with Crippen LogP contribution >= 0.6 is 0 Å². The third-order valence-electron chi connectivity index (χ3n) is 7.76. The Balaban J connectivity index is 1.55. The van der Waals surface area contributed by atoms with Crippen LogP contribution in [0, 0.1) is 0 Å². The fourth-order valence-corrected chi connectivity index (χ4v) is 5.27. The number of aromatic nitrogens is 4. The third kappa shape index (κ3) is 3.87. The molecule has 5 aromatic rings. The molecule has 0 bridgehead atoms. The summed E-state index contributed by atoms with van der Waals surface area (Å²) >= 11 is 0. The van der Waals surface area contributed by atoms with Gasteiger partial charge < -0.3 is 5.73 Å². The number of benzene rings is 2. The first-order chi connectivity index (χ1) is 17.6. The molecule has 3 heterocycles. The molecule has 0 aliphatic heterocycles. The fraction of sp³-hybridized carbons (Fsp3) is 0.300. The van der Waals surface area contributed by atoms with E-state index in [1.54, 1.807) is 0 Å². The van der Waals surface area contributed by atoms with Crippen LogP contribution in [0.3, 0.4) is 0 Å². The number of nitrogens with zero attached hydrogens (tertiary/aromatic N) is 5. The van der Waals surface area contributed by atoms with E-state index in [0.29, 0.717) is 0 Å². The molecule has 1 fully saturated rings. The maximum absolute atomic E-state index is 6.60. The van der Waals surface area contributed by atoms with Crippen molar-refractivity contribution >= 4 is 16.6 Å². The van der Waals surface area contributed by atoms with E-state index in [4.69, 9.17) is 15.8 Å². The molecule has 0 spiro atoms. The molecular weight excluding hydrogens is 444 g/mol. The predicted octanol–water partition coefficient (Wildman–Crippen LogP) is 5.01. The van der Waals surface area contributed by atoms with Crippen molar-refractivity contribution in [3.05, 3.63) is 90.5 Å². The second-order valence-corrected chi connectivity index (χ2v) is 9.88. The van der Waals surface area contributed by atoms with Crippen LogP contribution < -0.4 is 10.1 Å². The average Bonchev–Trinajstić information content (AvgIpc) is 3.29. The van der Waals surface area contributed by atoms with Crippen LogP contribution in [0.15, 0.2) is 79.1 Å². The highest BCUT2D eigenvalue weighted by molar-refractivity contribution is 5.92. The van der Waals surface area contributed by atoms with Crippen molar-refractivity contribution in [3.8, 4) is 16.8 Å². The Labute approximate surface area is 212 Å². The number of hydrogen-bond donors (Lipinski definition) is 1. The largest absolute Gasteiger partial charge is 0.321 e. The molecule has 6 heteroatoms. The molecule has 0 atom stereocenters. The molecule has 3 aromatic heterocycles. The Hall–Kier alpha value is -3.61. The second kappa shape index (κ2) is 9.12. The van der Waals surface area contributed by atoms with Gasteiger partial charge in [-0.15, -0.1) is 0 Å². The SMILES string of the molecule is CCN(CC)Cc1nn(-c2ccc(C3(N)CCC3)cc2)c2c3cc(-c4ccccc4)cnc3cc[n+]12. The summed E-state index contributed by atoms with van der Waals surface area (Å²) < 4.78 is 4.30. The number of hydrogen-bond acceptors (Lipinski definition) is 4. The molecule has 0 unspecified atom stereocenters. The van der Waals surface area contributed by atoms with Gasteiger partial charge in [0.1, 0.15) is 5.69 Å². The molecule has 2 aromatic carbocycles. The first kappa shape index (κ1) is 22.8. The minimum absolute atomic E-state index is 0.172. The Bertz CT molecular complexity index is 1510. The molecule has 6 rings (SSSR count). The summed E-state index contributed by atoms with van der Waals surface area (Å²) in [5, 5.41) is 6.23. The molecule has 1 saturated carbocycles. The molecule has 0 radical (unpaired) electrons. The summed E-state index contributed by atoms with van der Waals surface area (Å²) in [7, 11) is 0. The van der Waals surface area contributed by atoms with Crippen molar-refractivity contribution < 1.29 is 4.40 Å². The van der Waals surface area contributed by atoms with Gasteiger partial charge in [-0.3, -0.25) is 9.88 Å². The summed E-state index contributed by atoms with van der Waals surface area (Å²) in [6, 6.07) is 23.4. The molecule has 1 aliphatic rings. The van der Waals surface area contributed by atoms with Gasteiger partial charge in [0, 0.05) is 22.4 Å². The molecule has 36 heavy (non-hydrogen) atoms. The van der Waals surface area contributed by atoms with Crippen molar-refractivity contribution in [3.63, 3.8) is 0 Å². The lowest BCUT2D eigenvalue weighted by Gasteiger charge is -2.38. The quantitative estimate of drug-likeness (QED) is 0.335. The minimum Gasteiger partial charge on any atom is -0.321 e. The Morgan fingerprint density at radius 1 is 0.972 bits per heavy atom. The molecule has 0 saturated heterocycles. The lowest BCUT2D eigenvalue weighted by Crippen LogP contribution is -2.43. The summed E-state index contributed by atoms with van der Waals surface area (Å²) in [4.78, 5) is 7.22. The zero-order valence-electron chi connectivity index (χ0n) is 21.1. The van der Waals surface area contributed by atoms with E-state index >= 15 is 0 Å². The third-order valence-corrected chi connectivity index (χ3v) is 7.76. The lowest BCUT2D eigenvalue weighted by molar-refractivity contribution is -0.522. The van der Waals surface area contributed by atoms with Gasteiger partial charge in [-0.05, 0) is 67.7 Å². The standard InChI is InChI=1S/C30H33N6/c1-3-34(4-2)21-28-33-36(25-13-11-24(12-14-25)30(31)16-8-17-30)29-26-19-23(22-9-6-5-7-10-22)20-32-27(26)15-18-35(28)29/h5-7,9-15,18-20H,3-4,8,16-17,21,31H2,1-2H3/q+1. The van der Waals surface area contributed by atoms with Gasteiger partial charge in [0.25, 0.3) is 11.5 Å². The van der Waals surface area contributed by atoms with Gasteiger partial charge in [0.15, 0.2) is 0 Å². The van der Waals surface area contributed by atoms with Crippen molar-refractivity contribution in [2.24, 2.45) is 5.73 Å². The first-order valence-electron chi connectivity index (χ1n) is 13.0. The Kier molecular flexibility index (Phi) is 5.78. The molecular formula is C30H33N6+. The zero-order valence-corrected chi connectivity index (χ0v) is 21.1. The van der Waals surface area contributed by atoms with E-state index in [0.717, 1.165) is 71.7 Å². The summed E-state index contributed by atoms with van der Waals surface area (Å²) in [5.41, 5.74) is 12.9. The fourth-order valence-electron chi connectivity index (χ4n) is 5.27. The lowest BCUT2D eigenvalue weighted by atomic mass is 9.73. The smallest absolute Gasteiger partial charge is 0.297 e. The van der Waals surface area contributed by atoms with Crippen LogP contribution in [-0.4, -0.2) is 32.8 Å². The van der Waals surface area contributed by atoms with Crippen molar-refractivity contribution in [2.45, 2.75) is 45.2 Å². The maximum atomic E-state index is 6.60. The zero-order chi connectivity index (χ0) is 24.7. The van der Waals surface area contributed by atoms with Crippen molar-refractivity contribution in [2.75, 3.05) is 13.1 Å². The van der Waals surface area contributed by atoms with E-state index in [2.05, 4.69) is 94.7 Å². The van der Waals surface area contributed by atoms with Crippen LogP contribution in [0.2, 0.25) is 0 Å². The number of fused-ring (bicyclic) bond motifs is 3. The molecule has 2 N–H and O–H groups in total. The highest BCUT2D eigenvalue weighted by Crippen LogP contribution is 2.38. The van der Waals surface area contributed by atoms with Crippen LogP contribution in [0.5, 0.6) is 0 Å². The van der Waals surface area contributed by atoms with Gasteiger partial charge in [0.2, 0.25) is 0 Å². The van der Waals surface area contributed by atoms with E-state index in [-0.39, 0.29) is 5.54 Å². The van der Waals surface area contributed by atoms with E-state index < -0.39 is 0 Å². The number of pyridine rings is 2. The van der Waals surface area contributed by atoms with Crippen LogP contribution in [-0.2, 0) is 12.1 Å². The monoisotopic (exact) mass is 477 g/mol. The van der Waals surface area contributed by atoms with Gasteiger partial charge in [-0.25, -0.2) is 0 Å². The van der Waals surface area contributed by atoms with Gasteiger partial charge in [-0.1, -0.05) is 61.0 Å². The van der Waals surface area contributed by atoms with Crippen LogP contribution in [0.25, 0.3) is 33.4 Å². The van der Waals surface area contributed by atoms with Crippen LogP contribution in [0.4, 0.5) is 0 Å².